The van der Waals surface area contributed by atoms with E-state index in [1.807, 2.05) is 20.8 Å². The topological polar surface area (TPSA) is 66.8 Å². The van der Waals surface area contributed by atoms with E-state index in [0.717, 1.165) is 18.4 Å². The largest absolute Gasteiger partial charge is 0.508 e. The molecule has 4 heteroatoms. The number of hydrogen-bond donors (Lipinski definition) is 2. The van der Waals surface area contributed by atoms with Crippen LogP contribution in [0, 0.1) is 0 Å². The van der Waals surface area contributed by atoms with E-state index < -0.39 is 12.4 Å². The number of rotatable bonds is 5. The monoisotopic (exact) mass is 214 g/mol. The number of allylic oxidation sites excluding steroid dienone is 3. The average molecular weight is 214 g/mol. The van der Waals surface area contributed by atoms with Gasteiger partial charge < -0.3 is 14.9 Å². The Bertz CT molecular complexity index is 262. The molecule has 0 spiro atoms. The number of aliphatic hydroxyl groups excluding tert-OH is 1. The summed E-state index contributed by atoms with van der Waals surface area (Å²) in [4.78, 5) is 10.1. The second-order valence-corrected chi connectivity index (χ2v) is 3.61. The van der Waals surface area contributed by atoms with Crippen LogP contribution in [0.5, 0.6) is 0 Å². The van der Waals surface area contributed by atoms with Crippen molar-refractivity contribution >= 4 is 6.16 Å². The standard InChI is InChI=1S/C11H18O4/c1-8(2)5-4-6-9(3)7-10(12)15-11(13)14/h5,7,10,12H,4,6H2,1-3H3,(H,13,14)/b9-7-. The van der Waals surface area contributed by atoms with E-state index in [9.17, 15) is 4.79 Å². The van der Waals surface area contributed by atoms with Crippen molar-refractivity contribution in [2.75, 3.05) is 0 Å². The molecule has 4 nitrogen and oxygen atoms in total. The Morgan fingerprint density at radius 2 is 2.00 bits per heavy atom. The van der Waals surface area contributed by atoms with E-state index in [2.05, 4.69) is 10.8 Å². The molecule has 0 saturated heterocycles. The number of hydrogen-bond acceptors (Lipinski definition) is 3. The van der Waals surface area contributed by atoms with E-state index in [4.69, 9.17) is 10.2 Å². The molecule has 0 radical (unpaired) electrons. The number of ether oxygens (including phenoxy) is 1. The molecule has 0 aliphatic carbocycles. The van der Waals surface area contributed by atoms with Crippen LogP contribution in [-0.2, 0) is 4.74 Å². The van der Waals surface area contributed by atoms with Crippen LogP contribution in [-0.4, -0.2) is 22.7 Å². The Kier molecular flexibility index (Phi) is 6.45. The highest BCUT2D eigenvalue weighted by Crippen LogP contribution is 2.08. The minimum atomic E-state index is -1.48. The van der Waals surface area contributed by atoms with Gasteiger partial charge in [-0.05, 0) is 39.7 Å². The quantitative estimate of drug-likeness (QED) is 0.419. The zero-order chi connectivity index (χ0) is 11.8. The lowest BCUT2D eigenvalue weighted by Crippen LogP contribution is -2.13. The molecule has 0 rings (SSSR count). The van der Waals surface area contributed by atoms with Gasteiger partial charge in [-0.3, -0.25) is 0 Å². The van der Waals surface area contributed by atoms with Crippen LogP contribution < -0.4 is 0 Å². The van der Waals surface area contributed by atoms with Crippen molar-refractivity contribution < 1.29 is 19.7 Å². The molecule has 2 N–H and O–H groups in total. The van der Waals surface area contributed by atoms with Gasteiger partial charge >= 0.3 is 6.16 Å². The van der Waals surface area contributed by atoms with Gasteiger partial charge in [0.2, 0.25) is 6.29 Å². The van der Waals surface area contributed by atoms with Crippen molar-refractivity contribution in [3.63, 3.8) is 0 Å². The summed E-state index contributed by atoms with van der Waals surface area (Å²) < 4.78 is 4.13. The fourth-order valence-electron chi connectivity index (χ4n) is 1.05. The van der Waals surface area contributed by atoms with Crippen molar-refractivity contribution in [3.05, 3.63) is 23.3 Å². The molecular formula is C11H18O4. The van der Waals surface area contributed by atoms with Gasteiger partial charge in [-0.25, -0.2) is 4.79 Å². The Morgan fingerprint density at radius 1 is 1.40 bits per heavy atom. The van der Waals surface area contributed by atoms with Gasteiger partial charge in [-0.1, -0.05) is 17.2 Å². The Hall–Kier alpha value is -1.29. The molecule has 15 heavy (non-hydrogen) atoms. The van der Waals surface area contributed by atoms with Crippen molar-refractivity contribution in [1.82, 2.24) is 0 Å². The number of aliphatic hydroxyl groups is 1. The van der Waals surface area contributed by atoms with Gasteiger partial charge in [0, 0.05) is 0 Å². The Balaban J connectivity index is 3.97. The van der Waals surface area contributed by atoms with E-state index >= 15 is 0 Å². The fraction of sp³-hybridized carbons (Fsp3) is 0.545. The summed E-state index contributed by atoms with van der Waals surface area (Å²) >= 11 is 0. The second kappa shape index (κ2) is 7.06. The first-order chi connectivity index (χ1) is 6.91. The summed E-state index contributed by atoms with van der Waals surface area (Å²) in [6.45, 7) is 5.86. The highest BCUT2D eigenvalue weighted by atomic mass is 16.7. The van der Waals surface area contributed by atoms with Gasteiger partial charge in [0.05, 0.1) is 0 Å². The van der Waals surface area contributed by atoms with Crippen LogP contribution in [0.3, 0.4) is 0 Å². The summed E-state index contributed by atoms with van der Waals surface area (Å²) in [5.41, 5.74) is 2.14. The predicted molar refractivity (Wildman–Crippen MR) is 57.5 cm³/mol. The highest BCUT2D eigenvalue weighted by molar-refractivity contribution is 5.57. The van der Waals surface area contributed by atoms with Crippen LogP contribution in [0.4, 0.5) is 4.79 Å². The molecule has 1 atom stereocenters. The normalized spacial score (nSPS) is 13.2. The maximum Gasteiger partial charge on any atom is 0.508 e. The molecule has 1 unspecified atom stereocenters. The minimum absolute atomic E-state index is 0.783. The van der Waals surface area contributed by atoms with Crippen LogP contribution >= 0.6 is 0 Å². The van der Waals surface area contributed by atoms with E-state index in [0.29, 0.717) is 0 Å². The van der Waals surface area contributed by atoms with Gasteiger partial charge in [-0.2, -0.15) is 0 Å². The van der Waals surface area contributed by atoms with Gasteiger partial charge in [0.15, 0.2) is 0 Å². The summed E-state index contributed by atoms with van der Waals surface area (Å²) in [6, 6.07) is 0. The summed E-state index contributed by atoms with van der Waals surface area (Å²) in [6.07, 6.45) is 2.30. The molecule has 0 heterocycles. The third-order valence-corrected chi connectivity index (χ3v) is 1.74. The first-order valence-corrected chi connectivity index (χ1v) is 4.80. The minimum Gasteiger partial charge on any atom is -0.450 e. The molecule has 0 aromatic rings. The Morgan fingerprint density at radius 3 is 2.47 bits per heavy atom. The summed E-state index contributed by atoms with van der Waals surface area (Å²) in [5, 5.41) is 17.3. The molecule has 0 saturated carbocycles. The van der Waals surface area contributed by atoms with Crippen molar-refractivity contribution in [2.45, 2.75) is 39.9 Å². The summed E-state index contributed by atoms with van der Waals surface area (Å²) in [7, 11) is 0. The van der Waals surface area contributed by atoms with Crippen molar-refractivity contribution in [3.8, 4) is 0 Å². The lowest BCUT2D eigenvalue weighted by atomic mass is 10.1. The maximum absolute atomic E-state index is 10.1. The smallest absolute Gasteiger partial charge is 0.450 e. The van der Waals surface area contributed by atoms with Crippen molar-refractivity contribution in [1.29, 1.82) is 0 Å². The zero-order valence-electron chi connectivity index (χ0n) is 9.36. The lowest BCUT2D eigenvalue weighted by Gasteiger charge is -2.06. The highest BCUT2D eigenvalue weighted by Gasteiger charge is 2.05. The second-order valence-electron chi connectivity index (χ2n) is 3.61. The van der Waals surface area contributed by atoms with E-state index in [1.165, 1.54) is 11.6 Å². The first-order valence-electron chi connectivity index (χ1n) is 4.80. The van der Waals surface area contributed by atoms with Gasteiger partial charge in [0.1, 0.15) is 0 Å². The lowest BCUT2D eigenvalue weighted by molar-refractivity contribution is -0.0388. The molecule has 0 aliphatic rings. The van der Waals surface area contributed by atoms with Crippen LogP contribution in [0.2, 0.25) is 0 Å². The molecule has 0 aliphatic heterocycles. The van der Waals surface area contributed by atoms with Crippen LogP contribution in [0.25, 0.3) is 0 Å². The number of carboxylic acid groups (broad SMARTS) is 1. The molecule has 0 aromatic carbocycles. The molecule has 0 aromatic heterocycles. The fourth-order valence-corrected chi connectivity index (χ4v) is 1.05. The third-order valence-electron chi connectivity index (χ3n) is 1.74. The Labute approximate surface area is 89.9 Å². The molecule has 0 bridgehead atoms. The number of carbonyl (C=O) groups is 1. The first kappa shape index (κ1) is 13.7. The molecule has 0 amide bonds. The molecule has 0 fully saturated rings. The van der Waals surface area contributed by atoms with E-state index in [1.54, 1.807) is 0 Å². The summed E-state index contributed by atoms with van der Waals surface area (Å²) in [5.74, 6) is 0. The molecule has 86 valence electrons. The molecular weight excluding hydrogens is 196 g/mol. The van der Waals surface area contributed by atoms with Gasteiger partial charge in [0.25, 0.3) is 0 Å². The predicted octanol–water partition coefficient (Wildman–Crippen LogP) is 2.69. The van der Waals surface area contributed by atoms with Gasteiger partial charge in [-0.15, -0.1) is 0 Å². The van der Waals surface area contributed by atoms with Crippen LogP contribution in [0.15, 0.2) is 23.3 Å². The SMILES string of the molecule is CC(C)=CCC/C(C)=C\C(O)OC(=O)O. The van der Waals surface area contributed by atoms with Crippen LogP contribution in [0.1, 0.15) is 33.6 Å². The van der Waals surface area contributed by atoms with E-state index in [-0.39, 0.29) is 0 Å². The zero-order valence-corrected chi connectivity index (χ0v) is 9.36. The maximum atomic E-state index is 10.1. The third kappa shape index (κ3) is 9.02. The average Bonchev–Trinajstić information content (AvgIpc) is 2.00. The van der Waals surface area contributed by atoms with Crippen molar-refractivity contribution in [2.24, 2.45) is 0 Å².